The highest BCUT2D eigenvalue weighted by molar-refractivity contribution is 7.99. The summed E-state index contributed by atoms with van der Waals surface area (Å²) in [7, 11) is 1.77. The first-order chi connectivity index (χ1) is 8.83. The SMILES string of the molecule is CCNC(COC)CSc1ccc2c(c1)CCC2. The molecule has 3 heteroatoms. The summed E-state index contributed by atoms with van der Waals surface area (Å²) in [5.74, 6) is 1.07. The van der Waals surface area contributed by atoms with Crippen LogP contribution in [-0.2, 0) is 17.6 Å². The van der Waals surface area contributed by atoms with Crippen LogP contribution in [-0.4, -0.2) is 32.1 Å². The molecule has 1 aliphatic rings. The summed E-state index contributed by atoms with van der Waals surface area (Å²) in [6, 6.07) is 7.40. The molecule has 2 rings (SSSR count). The molecular weight excluding hydrogens is 242 g/mol. The number of fused-ring (bicyclic) bond motifs is 1. The van der Waals surface area contributed by atoms with E-state index in [4.69, 9.17) is 4.74 Å². The van der Waals surface area contributed by atoms with Crippen molar-refractivity contribution in [2.45, 2.75) is 37.1 Å². The van der Waals surface area contributed by atoms with Gasteiger partial charge in [-0.1, -0.05) is 13.0 Å². The van der Waals surface area contributed by atoms with Gasteiger partial charge < -0.3 is 10.1 Å². The molecule has 1 aromatic rings. The molecule has 0 fully saturated rings. The number of nitrogens with one attached hydrogen (secondary N) is 1. The van der Waals surface area contributed by atoms with Gasteiger partial charge in [-0.05, 0) is 49.1 Å². The van der Waals surface area contributed by atoms with Crippen LogP contribution in [0.3, 0.4) is 0 Å². The third-order valence-corrected chi connectivity index (χ3v) is 4.54. The van der Waals surface area contributed by atoms with Crippen molar-refractivity contribution in [3.05, 3.63) is 29.3 Å². The van der Waals surface area contributed by atoms with Crippen molar-refractivity contribution in [3.63, 3.8) is 0 Å². The number of benzene rings is 1. The van der Waals surface area contributed by atoms with Crippen LogP contribution in [0, 0.1) is 0 Å². The fraction of sp³-hybridized carbons (Fsp3) is 0.600. The molecule has 1 atom stereocenters. The maximum absolute atomic E-state index is 5.24. The smallest absolute Gasteiger partial charge is 0.0624 e. The van der Waals surface area contributed by atoms with Gasteiger partial charge in [0, 0.05) is 23.8 Å². The number of rotatable bonds is 7. The zero-order chi connectivity index (χ0) is 12.8. The van der Waals surface area contributed by atoms with Gasteiger partial charge in [0.05, 0.1) is 6.61 Å². The highest BCUT2D eigenvalue weighted by Gasteiger charge is 2.12. The second kappa shape index (κ2) is 7.17. The van der Waals surface area contributed by atoms with Crippen LogP contribution >= 0.6 is 11.8 Å². The van der Waals surface area contributed by atoms with E-state index >= 15 is 0 Å². The lowest BCUT2D eigenvalue weighted by molar-refractivity contribution is 0.174. The standard InChI is InChI=1S/C15H23NOS/c1-3-16-14(10-17-2)11-18-15-8-7-12-5-4-6-13(12)9-15/h7-9,14,16H,3-6,10-11H2,1-2H3. The van der Waals surface area contributed by atoms with E-state index in [1.165, 1.54) is 24.2 Å². The Morgan fingerprint density at radius 2 is 2.17 bits per heavy atom. The van der Waals surface area contributed by atoms with Gasteiger partial charge in [0.15, 0.2) is 0 Å². The number of methoxy groups -OCH3 is 1. The van der Waals surface area contributed by atoms with Crippen LogP contribution in [0.5, 0.6) is 0 Å². The largest absolute Gasteiger partial charge is 0.383 e. The Morgan fingerprint density at radius 1 is 1.33 bits per heavy atom. The molecule has 0 amide bonds. The van der Waals surface area contributed by atoms with E-state index in [-0.39, 0.29) is 0 Å². The fourth-order valence-corrected chi connectivity index (χ4v) is 3.49. The lowest BCUT2D eigenvalue weighted by Crippen LogP contribution is -2.35. The molecule has 0 spiro atoms. The van der Waals surface area contributed by atoms with Crippen molar-refractivity contribution in [1.82, 2.24) is 5.32 Å². The lowest BCUT2D eigenvalue weighted by atomic mass is 10.1. The highest BCUT2D eigenvalue weighted by atomic mass is 32.2. The minimum Gasteiger partial charge on any atom is -0.383 e. The second-order valence-corrected chi connectivity index (χ2v) is 5.90. The number of ether oxygens (including phenoxy) is 1. The molecule has 18 heavy (non-hydrogen) atoms. The van der Waals surface area contributed by atoms with Crippen LogP contribution in [0.1, 0.15) is 24.5 Å². The third kappa shape index (κ3) is 3.74. The van der Waals surface area contributed by atoms with E-state index in [1.54, 1.807) is 18.2 Å². The second-order valence-electron chi connectivity index (χ2n) is 4.81. The van der Waals surface area contributed by atoms with Gasteiger partial charge >= 0.3 is 0 Å². The number of hydrogen-bond donors (Lipinski definition) is 1. The van der Waals surface area contributed by atoms with Crippen LogP contribution in [0.2, 0.25) is 0 Å². The van der Waals surface area contributed by atoms with E-state index in [0.717, 1.165) is 18.9 Å². The summed E-state index contributed by atoms with van der Waals surface area (Å²) in [4.78, 5) is 1.40. The molecule has 0 saturated carbocycles. The summed E-state index contributed by atoms with van der Waals surface area (Å²) >= 11 is 1.93. The fourth-order valence-electron chi connectivity index (χ4n) is 2.49. The Kier molecular flexibility index (Phi) is 5.54. The van der Waals surface area contributed by atoms with Gasteiger partial charge in [0.25, 0.3) is 0 Å². The van der Waals surface area contributed by atoms with Crippen molar-refractivity contribution < 1.29 is 4.74 Å². The summed E-state index contributed by atoms with van der Waals surface area (Å²) in [5.41, 5.74) is 3.12. The summed E-state index contributed by atoms with van der Waals surface area (Å²) in [6.45, 7) is 3.92. The topological polar surface area (TPSA) is 21.3 Å². The minimum absolute atomic E-state index is 0.443. The first-order valence-electron chi connectivity index (χ1n) is 6.80. The zero-order valence-electron chi connectivity index (χ0n) is 11.4. The monoisotopic (exact) mass is 265 g/mol. The van der Waals surface area contributed by atoms with E-state index in [0.29, 0.717) is 6.04 Å². The first kappa shape index (κ1) is 13.9. The highest BCUT2D eigenvalue weighted by Crippen LogP contribution is 2.27. The summed E-state index contributed by atoms with van der Waals surface area (Å²) < 4.78 is 5.24. The summed E-state index contributed by atoms with van der Waals surface area (Å²) in [6.07, 6.45) is 3.86. The van der Waals surface area contributed by atoms with Crippen LogP contribution in [0.25, 0.3) is 0 Å². The zero-order valence-corrected chi connectivity index (χ0v) is 12.2. The van der Waals surface area contributed by atoms with Crippen molar-refractivity contribution >= 4 is 11.8 Å². The maximum Gasteiger partial charge on any atom is 0.0624 e. The molecule has 1 N–H and O–H groups in total. The normalized spacial score (nSPS) is 15.7. The Morgan fingerprint density at radius 3 is 2.94 bits per heavy atom. The number of hydrogen-bond acceptors (Lipinski definition) is 3. The molecule has 1 unspecified atom stereocenters. The van der Waals surface area contributed by atoms with Gasteiger partial charge in [-0.2, -0.15) is 0 Å². The molecule has 0 aliphatic heterocycles. The van der Waals surface area contributed by atoms with Crippen molar-refractivity contribution in [1.29, 1.82) is 0 Å². The molecule has 100 valence electrons. The average Bonchev–Trinajstić information content (AvgIpc) is 2.84. The molecule has 0 heterocycles. The van der Waals surface area contributed by atoms with E-state index < -0.39 is 0 Å². The van der Waals surface area contributed by atoms with Crippen LogP contribution in [0.15, 0.2) is 23.1 Å². The molecule has 1 aliphatic carbocycles. The van der Waals surface area contributed by atoms with Gasteiger partial charge in [0.2, 0.25) is 0 Å². The van der Waals surface area contributed by atoms with Gasteiger partial charge in [-0.3, -0.25) is 0 Å². The Hall–Kier alpha value is -0.510. The number of aryl methyl sites for hydroxylation is 2. The molecule has 0 bridgehead atoms. The van der Waals surface area contributed by atoms with E-state index in [2.05, 4.69) is 30.4 Å². The van der Waals surface area contributed by atoms with Crippen molar-refractivity contribution in [2.24, 2.45) is 0 Å². The number of thioether (sulfide) groups is 1. The third-order valence-electron chi connectivity index (χ3n) is 3.38. The molecule has 0 saturated heterocycles. The molecular formula is C15H23NOS. The molecule has 0 radical (unpaired) electrons. The van der Waals surface area contributed by atoms with Gasteiger partial charge in [-0.15, -0.1) is 11.8 Å². The predicted octanol–water partition coefficient (Wildman–Crippen LogP) is 2.89. The van der Waals surface area contributed by atoms with E-state index in [1.807, 2.05) is 11.8 Å². The average molecular weight is 265 g/mol. The molecule has 0 aromatic heterocycles. The quantitative estimate of drug-likeness (QED) is 0.766. The summed E-state index contributed by atoms with van der Waals surface area (Å²) in [5, 5.41) is 3.46. The molecule has 2 nitrogen and oxygen atoms in total. The Balaban J connectivity index is 1.88. The predicted molar refractivity (Wildman–Crippen MR) is 78.5 cm³/mol. The van der Waals surface area contributed by atoms with Gasteiger partial charge in [-0.25, -0.2) is 0 Å². The van der Waals surface area contributed by atoms with Crippen LogP contribution in [0.4, 0.5) is 0 Å². The maximum atomic E-state index is 5.24. The Bertz CT molecular complexity index is 375. The molecule has 1 aromatic carbocycles. The van der Waals surface area contributed by atoms with Gasteiger partial charge in [0.1, 0.15) is 0 Å². The first-order valence-corrected chi connectivity index (χ1v) is 7.79. The Labute approximate surface area is 114 Å². The van der Waals surface area contributed by atoms with Crippen LogP contribution < -0.4 is 5.32 Å². The van der Waals surface area contributed by atoms with Crippen molar-refractivity contribution in [2.75, 3.05) is 26.0 Å². The lowest BCUT2D eigenvalue weighted by Gasteiger charge is -2.16. The number of likely N-dealkylation sites (N-methyl/N-ethyl adjacent to an activating group) is 1. The minimum atomic E-state index is 0.443. The van der Waals surface area contributed by atoms with Crippen molar-refractivity contribution in [3.8, 4) is 0 Å². The van der Waals surface area contributed by atoms with E-state index in [9.17, 15) is 0 Å².